The second-order valence-corrected chi connectivity index (χ2v) is 2.61. The Bertz CT molecular complexity index is 333. The number of aryl methyl sites for hydroxylation is 1. The molecule has 0 atom stereocenters. The molecule has 1 aromatic heterocycles. The molecule has 2 heterocycles. The van der Waals surface area contributed by atoms with Gasteiger partial charge in [0.15, 0.2) is 0 Å². The van der Waals surface area contributed by atoms with Crippen molar-refractivity contribution in [1.82, 2.24) is 4.57 Å². The van der Waals surface area contributed by atoms with Crippen LogP contribution in [-0.2, 0) is 6.42 Å². The average Bonchev–Trinajstić information content (AvgIpc) is 2.54. The topological polar surface area (TPSA) is 22.0 Å². The normalized spacial score (nSPS) is 14.1. The fourth-order valence-corrected chi connectivity index (χ4v) is 1.40. The lowest BCUT2D eigenvalue weighted by atomic mass is 10.3. The van der Waals surface area contributed by atoms with Crippen LogP contribution in [0.2, 0.25) is 0 Å². The van der Waals surface area contributed by atoms with Gasteiger partial charge in [-0.05, 0) is 24.6 Å². The smallest absolute Gasteiger partial charge is 0.255 e. The number of allylic oxidation sites excluding steroid dienone is 1. The van der Waals surface area contributed by atoms with E-state index in [4.69, 9.17) is 0 Å². The zero-order valence-electron chi connectivity index (χ0n) is 6.37. The van der Waals surface area contributed by atoms with Crippen LogP contribution in [0.25, 0.3) is 6.08 Å². The van der Waals surface area contributed by atoms with E-state index in [1.807, 2.05) is 25.1 Å². The lowest BCUT2D eigenvalue weighted by Crippen LogP contribution is -2.07. The molecule has 2 rings (SSSR count). The van der Waals surface area contributed by atoms with Crippen LogP contribution in [-0.4, -0.2) is 10.5 Å². The number of nitrogens with zero attached hydrogens (tertiary/aromatic N) is 1. The standard InChI is InChI=1S/C9H9NO/c1-2-7-3-4-8-5-6-9(11)10(7)8/h3-6H,2H2,1H3. The van der Waals surface area contributed by atoms with Crippen LogP contribution in [0.3, 0.4) is 0 Å². The molecule has 0 aromatic carbocycles. The van der Waals surface area contributed by atoms with Gasteiger partial charge in [-0.15, -0.1) is 0 Å². The van der Waals surface area contributed by atoms with Crippen molar-refractivity contribution in [3.8, 4) is 0 Å². The Balaban J connectivity index is 2.61. The maximum atomic E-state index is 11.2. The van der Waals surface area contributed by atoms with E-state index in [0.29, 0.717) is 0 Å². The molecular weight excluding hydrogens is 138 g/mol. The summed E-state index contributed by atoms with van der Waals surface area (Å²) in [5.41, 5.74) is 2.10. The average molecular weight is 147 g/mol. The van der Waals surface area contributed by atoms with Crippen molar-refractivity contribution in [1.29, 1.82) is 0 Å². The van der Waals surface area contributed by atoms with Gasteiger partial charge in [0.05, 0.1) is 0 Å². The van der Waals surface area contributed by atoms with E-state index in [-0.39, 0.29) is 5.91 Å². The molecule has 0 bridgehead atoms. The maximum Gasteiger partial charge on any atom is 0.255 e. The third kappa shape index (κ3) is 0.755. The Morgan fingerprint density at radius 1 is 1.36 bits per heavy atom. The van der Waals surface area contributed by atoms with Crippen LogP contribution < -0.4 is 0 Å². The number of carbonyl (C=O) groups is 1. The van der Waals surface area contributed by atoms with Crippen molar-refractivity contribution in [2.24, 2.45) is 0 Å². The Kier molecular flexibility index (Phi) is 1.22. The maximum absolute atomic E-state index is 11.2. The summed E-state index contributed by atoms with van der Waals surface area (Å²) in [5.74, 6) is 0.0850. The minimum atomic E-state index is 0.0850. The molecule has 2 heteroatoms. The summed E-state index contributed by atoms with van der Waals surface area (Å²) in [6.45, 7) is 2.05. The quantitative estimate of drug-likeness (QED) is 0.592. The first-order chi connectivity index (χ1) is 5.33. The second-order valence-electron chi connectivity index (χ2n) is 2.61. The predicted molar refractivity (Wildman–Crippen MR) is 43.5 cm³/mol. The van der Waals surface area contributed by atoms with Gasteiger partial charge in [-0.1, -0.05) is 6.92 Å². The molecule has 0 amide bonds. The Morgan fingerprint density at radius 3 is 2.91 bits per heavy atom. The molecule has 56 valence electrons. The van der Waals surface area contributed by atoms with Crippen molar-refractivity contribution < 1.29 is 4.79 Å². The first-order valence-corrected chi connectivity index (χ1v) is 3.76. The van der Waals surface area contributed by atoms with Crippen LogP contribution >= 0.6 is 0 Å². The molecule has 0 N–H and O–H groups in total. The zero-order valence-corrected chi connectivity index (χ0v) is 6.37. The van der Waals surface area contributed by atoms with Crippen molar-refractivity contribution >= 4 is 12.0 Å². The minimum Gasteiger partial charge on any atom is -0.281 e. The van der Waals surface area contributed by atoms with Gasteiger partial charge in [0.25, 0.3) is 5.91 Å². The molecule has 0 aliphatic carbocycles. The molecule has 0 unspecified atom stereocenters. The lowest BCUT2D eigenvalue weighted by molar-refractivity contribution is 0.0972. The van der Waals surface area contributed by atoms with Gasteiger partial charge in [0, 0.05) is 17.5 Å². The minimum absolute atomic E-state index is 0.0850. The summed E-state index contributed by atoms with van der Waals surface area (Å²) in [6, 6.07) is 3.97. The monoisotopic (exact) mass is 147 g/mol. The summed E-state index contributed by atoms with van der Waals surface area (Å²) in [5, 5.41) is 0. The highest BCUT2D eigenvalue weighted by Crippen LogP contribution is 2.16. The summed E-state index contributed by atoms with van der Waals surface area (Å²) in [4.78, 5) is 11.2. The zero-order chi connectivity index (χ0) is 7.84. The van der Waals surface area contributed by atoms with Crippen molar-refractivity contribution in [3.05, 3.63) is 29.6 Å². The van der Waals surface area contributed by atoms with E-state index in [1.165, 1.54) is 0 Å². The highest BCUT2D eigenvalue weighted by Gasteiger charge is 2.14. The van der Waals surface area contributed by atoms with Crippen LogP contribution in [0.5, 0.6) is 0 Å². The van der Waals surface area contributed by atoms with E-state index in [1.54, 1.807) is 10.6 Å². The molecule has 2 nitrogen and oxygen atoms in total. The summed E-state index contributed by atoms with van der Waals surface area (Å²) in [7, 11) is 0. The van der Waals surface area contributed by atoms with Gasteiger partial charge in [0.1, 0.15) is 0 Å². The van der Waals surface area contributed by atoms with Crippen LogP contribution in [0, 0.1) is 0 Å². The summed E-state index contributed by atoms with van der Waals surface area (Å²) >= 11 is 0. The van der Waals surface area contributed by atoms with Gasteiger partial charge in [-0.2, -0.15) is 0 Å². The molecule has 1 aliphatic rings. The summed E-state index contributed by atoms with van der Waals surface area (Å²) < 4.78 is 1.75. The van der Waals surface area contributed by atoms with E-state index in [0.717, 1.165) is 17.8 Å². The van der Waals surface area contributed by atoms with Gasteiger partial charge in [0.2, 0.25) is 0 Å². The van der Waals surface area contributed by atoms with Crippen LogP contribution in [0.4, 0.5) is 0 Å². The number of carbonyl (C=O) groups excluding carboxylic acids is 1. The van der Waals surface area contributed by atoms with Crippen LogP contribution in [0.15, 0.2) is 18.2 Å². The molecule has 0 saturated carbocycles. The molecule has 0 fully saturated rings. The summed E-state index contributed by atoms with van der Waals surface area (Å²) in [6.07, 6.45) is 4.36. The van der Waals surface area contributed by atoms with Gasteiger partial charge < -0.3 is 0 Å². The van der Waals surface area contributed by atoms with E-state index in [2.05, 4.69) is 0 Å². The molecule has 1 aromatic rings. The number of hydrogen-bond donors (Lipinski definition) is 0. The van der Waals surface area contributed by atoms with Crippen molar-refractivity contribution in [2.45, 2.75) is 13.3 Å². The molecule has 1 aliphatic heterocycles. The molecule has 11 heavy (non-hydrogen) atoms. The first-order valence-electron chi connectivity index (χ1n) is 3.76. The van der Waals surface area contributed by atoms with E-state index >= 15 is 0 Å². The highest BCUT2D eigenvalue weighted by atomic mass is 16.2. The predicted octanol–water partition coefficient (Wildman–Crippen LogP) is 1.72. The van der Waals surface area contributed by atoms with Gasteiger partial charge in [-0.25, -0.2) is 0 Å². The van der Waals surface area contributed by atoms with E-state index in [9.17, 15) is 4.79 Å². The molecule has 0 spiro atoms. The number of fused-ring (bicyclic) bond motifs is 1. The number of rotatable bonds is 1. The first kappa shape index (κ1) is 6.40. The van der Waals surface area contributed by atoms with Crippen LogP contribution in [0.1, 0.15) is 23.1 Å². The SMILES string of the molecule is CCc1ccc2n1C(=O)C=C2. The lowest BCUT2D eigenvalue weighted by Gasteiger charge is -1.99. The largest absolute Gasteiger partial charge is 0.281 e. The van der Waals surface area contributed by atoms with Gasteiger partial charge in [-0.3, -0.25) is 9.36 Å². The van der Waals surface area contributed by atoms with E-state index < -0.39 is 0 Å². The molecule has 0 saturated heterocycles. The Morgan fingerprint density at radius 2 is 2.18 bits per heavy atom. The number of hydrogen-bond acceptors (Lipinski definition) is 1. The number of aromatic nitrogens is 1. The third-order valence-electron chi connectivity index (χ3n) is 1.97. The second kappa shape index (κ2) is 2.09. The van der Waals surface area contributed by atoms with Crippen molar-refractivity contribution in [2.75, 3.05) is 0 Å². The Labute approximate surface area is 65.1 Å². The fraction of sp³-hybridized carbons (Fsp3) is 0.222. The van der Waals surface area contributed by atoms with Crippen molar-refractivity contribution in [3.63, 3.8) is 0 Å². The molecule has 0 radical (unpaired) electrons. The highest BCUT2D eigenvalue weighted by molar-refractivity contribution is 5.99. The Hall–Kier alpha value is -1.31. The third-order valence-corrected chi connectivity index (χ3v) is 1.97. The molecular formula is C9H9NO. The fourth-order valence-electron chi connectivity index (χ4n) is 1.40. The van der Waals surface area contributed by atoms with Gasteiger partial charge >= 0.3 is 0 Å².